The molecule has 1 heteroatoms. The van der Waals surface area contributed by atoms with Crippen molar-refractivity contribution < 1.29 is 0 Å². The summed E-state index contributed by atoms with van der Waals surface area (Å²) in [5, 5.41) is 3.72. The molecule has 1 aromatic carbocycles. The Kier molecular flexibility index (Phi) is 4.61. The van der Waals surface area contributed by atoms with Gasteiger partial charge in [0.1, 0.15) is 0 Å². The highest BCUT2D eigenvalue weighted by atomic mass is 14.9. The quantitative estimate of drug-likeness (QED) is 0.824. The molecule has 0 aromatic heterocycles. The predicted molar refractivity (Wildman–Crippen MR) is 74.1 cm³/mol. The van der Waals surface area contributed by atoms with E-state index in [-0.39, 0.29) is 0 Å². The molecule has 2 atom stereocenters. The van der Waals surface area contributed by atoms with Crippen molar-refractivity contribution >= 4 is 0 Å². The van der Waals surface area contributed by atoms with E-state index in [2.05, 4.69) is 43.4 Å². The van der Waals surface area contributed by atoms with E-state index < -0.39 is 0 Å². The summed E-state index contributed by atoms with van der Waals surface area (Å²) < 4.78 is 0. The molecule has 1 nitrogen and oxygen atoms in total. The van der Waals surface area contributed by atoms with Crippen molar-refractivity contribution in [2.24, 2.45) is 5.92 Å². The lowest BCUT2D eigenvalue weighted by Crippen LogP contribution is -2.33. The second kappa shape index (κ2) is 6.20. The van der Waals surface area contributed by atoms with Gasteiger partial charge in [0.05, 0.1) is 0 Å². The van der Waals surface area contributed by atoms with E-state index >= 15 is 0 Å². The van der Waals surface area contributed by atoms with E-state index in [9.17, 15) is 0 Å². The lowest BCUT2D eigenvalue weighted by atomic mass is 9.84. The molecule has 1 aromatic rings. The molecule has 94 valence electrons. The zero-order valence-electron chi connectivity index (χ0n) is 11.2. The van der Waals surface area contributed by atoms with Crippen LogP contribution in [-0.4, -0.2) is 6.04 Å². The average Bonchev–Trinajstić information content (AvgIpc) is 2.38. The van der Waals surface area contributed by atoms with E-state index in [0.29, 0.717) is 0 Å². The van der Waals surface area contributed by atoms with Crippen LogP contribution in [0.2, 0.25) is 0 Å². The minimum absolute atomic E-state index is 0.745. The highest BCUT2D eigenvalue weighted by molar-refractivity contribution is 5.21. The van der Waals surface area contributed by atoms with Crippen LogP contribution >= 0.6 is 0 Å². The molecular formula is C16H25N. The van der Waals surface area contributed by atoms with Gasteiger partial charge in [-0.2, -0.15) is 0 Å². The van der Waals surface area contributed by atoms with Gasteiger partial charge in [-0.3, -0.25) is 0 Å². The number of aryl methyl sites for hydroxylation is 1. The first kappa shape index (κ1) is 12.6. The molecule has 1 aliphatic carbocycles. The SMILES string of the molecule is CCC1CCCC(NCc2ccc(C)cc2)C1. The van der Waals surface area contributed by atoms with Crippen molar-refractivity contribution in [1.29, 1.82) is 0 Å². The highest BCUT2D eigenvalue weighted by Crippen LogP contribution is 2.26. The van der Waals surface area contributed by atoms with Crippen LogP contribution in [0.5, 0.6) is 0 Å². The van der Waals surface area contributed by atoms with Crippen LogP contribution in [0.3, 0.4) is 0 Å². The minimum atomic E-state index is 0.745. The first-order valence-corrected chi connectivity index (χ1v) is 7.07. The third-order valence-electron chi connectivity index (χ3n) is 4.08. The van der Waals surface area contributed by atoms with Crippen molar-refractivity contribution in [3.05, 3.63) is 35.4 Å². The lowest BCUT2D eigenvalue weighted by molar-refractivity contribution is 0.278. The molecule has 0 radical (unpaired) electrons. The van der Waals surface area contributed by atoms with Crippen LogP contribution in [0.1, 0.15) is 50.2 Å². The van der Waals surface area contributed by atoms with E-state index in [1.165, 1.54) is 43.2 Å². The van der Waals surface area contributed by atoms with E-state index in [0.717, 1.165) is 18.5 Å². The summed E-state index contributed by atoms with van der Waals surface area (Å²) >= 11 is 0. The summed E-state index contributed by atoms with van der Waals surface area (Å²) in [6, 6.07) is 9.62. The minimum Gasteiger partial charge on any atom is -0.310 e. The van der Waals surface area contributed by atoms with Gasteiger partial charge in [0.2, 0.25) is 0 Å². The van der Waals surface area contributed by atoms with Crippen LogP contribution in [0.4, 0.5) is 0 Å². The zero-order chi connectivity index (χ0) is 12.1. The van der Waals surface area contributed by atoms with Gasteiger partial charge in [-0.25, -0.2) is 0 Å². The van der Waals surface area contributed by atoms with Crippen LogP contribution < -0.4 is 5.32 Å². The molecular weight excluding hydrogens is 206 g/mol. The van der Waals surface area contributed by atoms with Crippen molar-refractivity contribution in [2.45, 2.75) is 58.5 Å². The predicted octanol–water partition coefficient (Wildman–Crippen LogP) is 4.05. The Morgan fingerprint density at radius 2 is 1.94 bits per heavy atom. The Labute approximate surface area is 106 Å². The van der Waals surface area contributed by atoms with Gasteiger partial charge in [-0.1, -0.05) is 56.0 Å². The third-order valence-corrected chi connectivity index (χ3v) is 4.08. The first-order chi connectivity index (χ1) is 8.28. The smallest absolute Gasteiger partial charge is 0.0208 e. The van der Waals surface area contributed by atoms with Gasteiger partial charge in [0.15, 0.2) is 0 Å². The van der Waals surface area contributed by atoms with Crippen LogP contribution in [0.15, 0.2) is 24.3 Å². The van der Waals surface area contributed by atoms with Crippen molar-refractivity contribution in [1.82, 2.24) is 5.32 Å². The number of hydrogen-bond acceptors (Lipinski definition) is 1. The molecule has 1 saturated carbocycles. The fraction of sp³-hybridized carbons (Fsp3) is 0.625. The second-order valence-electron chi connectivity index (χ2n) is 5.50. The van der Waals surface area contributed by atoms with Crippen molar-refractivity contribution in [3.8, 4) is 0 Å². The first-order valence-electron chi connectivity index (χ1n) is 7.07. The maximum atomic E-state index is 3.72. The number of hydrogen-bond donors (Lipinski definition) is 1. The van der Waals surface area contributed by atoms with Crippen LogP contribution in [-0.2, 0) is 6.54 Å². The van der Waals surface area contributed by atoms with Crippen molar-refractivity contribution in [3.63, 3.8) is 0 Å². The Morgan fingerprint density at radius 3 is 2.65 bits per heavy atom. The number of rotatable bonds is 4. The molecule has 1 fully saturated rings. The number of nitrogens with one attached hydrogen (secondary N) is 1. The fourth-order valence-electron chi connectivity index (χ4n) is 2.82. The zero-order valence-corrected chi connectivity index (χ0v) is 11.2. The normalized spacial score (nSPS) is 24.8. The van der Waals surface area contributed by atoms with Gasteiger partial charge in [-0.15, -0.1) is 0 Å². The van der Waals surface area contributed by atoms with Gasteiger partial charge in [-0.05, 0) is 31.2 Å². The third kappa shape index (κ3) is 3.85. The van der Waals surface area contributed by atoms with E-state index in [4.69, 9.17) is 0 Å². The van der Waals surface area contributed by atoms with Gasteiger partial charge >= 0.3 is 0 Å². The maximum Gasteiger partial charge on any atom is 0.0208 e. The molecule has 0 spiro atoms. The Bertz CT molecular complexity index is 328. The van der Waals surface area contributed by atoms with Gasteiger partial charge in [0, 0.05) is 12.6 Å². The average molecular weight is 231 g/mol. The van der Waals surface area contributed by atoms with Gasteiger partial charge < -0.3 is 5.32 Å². The molecule has 2 rings (SSSR count). The summed E-state index contributed by atoms with van der Waals surface area (Å²) in [7, 11) is 0. The van der Waals surface area contributed by atoms with Crippen LogP contribution in [0, 0.1) is 12.8 Å². The molecule has 0 aliphatic heterocycles. The summed E-state index contributed by atoms with van der Waals surface area (Å²) in [4.78, 5) is 0. The standard InChI is InChI=1S/C16H25N/c1-3-14-5-4-6-16(11-14)17-12-15-9-7-13(2)8-10-15/h7-10,14,16-17H,3-6,11-12H2,1-2H3. The van der Waals surface area contributed by atoms with Crippen LogP contribution in [0.25, 0.3) is 0 Å². The van der Waals surface area contributed by atoms with E-state index in [1.54, 1.807) is 0 Å². The Hall–Kier alpha value is -0.820. The molecule has 0 heterocycles. The maximum absolute atomic E-state index is 3.72. The summed E-state index contributed by atoms with van der Waals surface area (Å²) in [6.07, 6.45) is 6.94. The summed E-state index contributed by atoms with van der Waals surface area (Å²) in [5.74, 6) is 0.958. The lowest BCUT2D eigenvalue weighted by Gasteiger charge is -2.29. The second-order valence-corrected chi connectivity index (χ2v) is 5.50. The molecule has 1 N–H and O–H groups in total. The Balaban J connectivity index is 1.79. The number of benzene rings is 1. The fourth-order valence-corrected chi connectivity index (χ4v) is 2.82. The largest absolute Gasteiger partial charge is 0.310 e. The van der Waals surface area contributed by atoms with E-state index in [1.807, 2.05) is 0 Å². The summed E-state index contributed by atoms with van der Waals surface area (Å²) in [6.45, 7) is 5.50. The topological polar surface area (TPSA) is 12.0 Å². The van der Waals surface area contributed by atoms with Gasteiger partial charge in [0.25, 0.3) is 0 Å². The molecule has 0 bridgehead atoms. The Morgan fingerprint density at radius 1 is 1.18 bits per heavy atom. The molecule has 1 aliphatic rings. The van der Waals surface area contributed by atoms with Crippen molar-refractivity contribution in [2.75, 3.05) is 0 Å². The molecule has 17 heavy (non-hydrogen) atoms. The molecule has 2 unspecified atom stereocenters. The highest BCUT2D eigenvalue weighted by Gasteiger charge is 2.19. The molecule has 0 amide bonds. The molecule has 0 saturated heterocycles. The monoisotopic (exact) mass is 231 g/mol. The summed E-state index contributed by atoms with van der Waals surface area (Å²) in [5.41, 5.74) is 2.76.